The van der Waals surface area contributed by atoms with E-state index >= 15 is 0 Å². The van der Waals surface area contributed by atoms with Gasteiger partial charge in [-0.25, -0.2) is 0 Å². The fourth-order valence-corrected chi connectivity index (χ4v) is 4.90. The molecule has 0 aliphatic carbocycles. The lowest BCUT2D eigenvalue weighted by Gasteiger charge is -2.22. The third-order valence-corrected chi connectivity index (χ3v) is 6.64. The van der Waals surface area contributed by atoms with Crippen molar-refractivity contribution in [2.45, 2.75) is 13.3 Å². The minimum Gasteiger partial charge on any atom is -0.521 e. The van der Waals surface area contributed by atoms with Crippen LogP contribution in [0.25, 0.3) is 32.3 Å². The average Bonchev–Trinajstić information content (AvgIpc) is 2.92. The fraction of sp³-hybridized carbons (Fsp3) is 0.0625. The van der Waals surface area contributed by atoms with Crippen LogP contribution in [0.15, 0.2) is 121 Å². The van der Waals surface area contributed by atoms with Crippen molar-refractivity contribution < 1.29 is 9.31 Å². The van der Waals surface area contributed by atoms with Gasteiger partial charge in [0, 0.05) is 16.2 Å². The third kappa shape index (κ3) is 4.00. The second kappa shape index (κ2) is 9.19. The highest BCUT2D eigenvalue weighted by molar-refractivity contribution is 6.66. The van der Waals surface area contributed by atoms with Gasteiger partial charge in [-0.15, -0.1) is 0 Å². The zero-order valence-electron chi connectivity index (χ0n) is 19.6. The molecule has 0 heterocycles. The van der Waals surface area contributed by atoms with Crippen molar-refractivity contribution in [3.63, 3.8) is 0 Å². The Labute approximate surface area is 205 Å². The summed E-state index contributed by atoms with van der Waals surface area (Å²) in [5.41, 5.74) is 2.29. The molecular weight excluding hydrogens is 427 g/mol. The predicted octanol–water partition coefficient (Wildman–Crippen LogP) is 7.56. The van der Waals surface area contributed by atoms with Crippen LogP contribution < -0.4 is 14.8 Å². The molecule has 3 heteroatoms. The van der Waals surface area contributed by atoms with Gasteiger partial charge in [-0.1, -0.05) is 116 Å². The summed E-state index contributed by atoms with van der Waals surface area (Å²) in [5, 5.41) is 6.75. The standard InChI is InChI=1S/C32H25BO2/c1-2-23-21-22-26-13-5-8-18-29(26)32(23)33(34-30-19-9-14-24-11-3-6-16-27(24)30)35-31-20-10-15-25-12-4-7-17-28(25)31/h3-22H,2H2,1H3. The Hall–Kier alpha value is -4.24. The summed E-state index contributed by atoms with van der Waals surface area (Å²) in [6.07, 6.45) is 0.883. The molecule has 0 spiro atoms. The van der Waals surface area contributed by atoms with E-state index in [0.29, 0.717) is 0 Å². The molecule has 0 saturated heterocycles. The molecule has 6 aromatic carbocycles. The van der Waals surface area contributed by atoms with E-state index in [1.54, 1.807) is 0 Å². The SMILES string of the molecule is CCc1ccc2ccccc2c1B(Oc1cccc2ccccc12)Oc1cccc2ccccc12. The largest absolute Gasteiger partial charge is 0.633 e. The Kier molecular flexibility index (Phi) is 5.60. The van der Waals surface area contributed by atoms with Gasteiger partial charge in [0.2, 0.25) is 0 Å². The van der Waals surface area contributed by atoms with Gasteiger partial charge in [-0.05, 0) is 45.7 Å². The molecule has 168 valence electrons. The number of aryl methyl sites for hydroxylation is 1. The minimum atomic E-state index is -0.618. The Morgan fingerprint density at radius 1 is 0.486 bits per heavy atom. The summed E-state index contributed by atoms with van der Waals surface area (Å²) in [4.78, 5) is 0. The van der Waals surface area contributed by atoms with Crippen LogP contribution in [0, 0.1) is 0 Å². The van der Waals surface area contributed by atoms with E-state index in [9.17, 15) is 0 Å². The molecule has 0 unspecified atom stereocenters. The number of rotatable bonds is 6. The van der Waals surface area contributed by atoms with E-state index in [1.807, 2.05) is 36.4 Å². The van der Waals surface area contributed by atoms with Crippen LogP contribution in [0.4, 0.5) is 0 Å². The number of hydrogen-bond acceptors (Lipinski definition) is 2. The molecule has 0 fully saturated rings. The van der Waals surface area contributed by atoms with Crippen molar-refractivity contribution in [1.29, 1.82) is 0 Å². The van der Waals surface area contributed by atoms with E-state index in [0.717, 1.165) is 50.3 Å². The maximum atomic E-state index is 6.80. The lowest BCUT2D eigenvalue weighted by molar-refractivity contribution is 0.445. The Balaban J connectivity index is 1.55. The Morgan fingerprint density at radius 3 is 1.49 bits per heavy atom. The second-order valence-corrected chi connectivity index (χ2v) is 8.74. The fourth-order valence-electron chi connectivity index (χ4n) is 4.90. The molecule has 0 aliphatic rings. The van der Waals surface area contributed by atoms with Crippen LogP contribution >= 0.6 is 0 Å². The normalized spacial score (nSPS) is 11.1. The van der Waals surface area contributed by atoms with Crippen LogP contribution in [0.5, 0.6) is 11.5 Å². The summed E-state index contributed by atoms with van der Waals surface area (Å²) in [7, 11) is -0.618. The van der Waals surface area contributed by atoms with Crippen LogP contribution in [0.2, 0.25) is 0 Å². The number of fused-ring (bicyclic) bond motifs is 3. The first-order chi connectivity index (χ1) is 17.3. The van der Waals surface area contributed by atoms with Gasteiger partial charge in [-0.2, -0.15) is 0 Å². The maximum Gasteiger partial charge on any atom is 0.633 e. The summed E-state index contributed by atoms with van der Waals surface area (Å²) >= 11 is 0. The van der Waals surface area contributed by atoms with Gasteiger partial charge in [0.15, 0.2) is 0 Å². The van der Waals surface area contributed by atoms with Gasteiger partial charge >= 0.3 is 7.12 Å². The van der Waals surface area contributed by atoms with Crippen LogP contribution in [0.1, 0.15) is 12.5 Å². The number of hydrogen-bond donors (Lipinski definition) is 0. The van der Waals surface area contributed by atoms with Gasteiger partial charge in [0.05, 0.1) is 0 Å². The van der Waals surface area contributed by atoms with Crippen molar-refractivity contribution in [2.75, 3.05) is 0 Å². The monoisotopic (exact) mass is 452 g/mol. The smallest absolute Gasteiger partial charge is 0.521 e. The molecule has 0 N–H and O–H groups in total. The molecule has 0 atom stereocenters. The molecule has 0 radical (unpaired) electrons. The quantitative estimate of drug-likeness (QED) is 0.243. The molecule has 0 bridgehead atoms. The molecule has 0 saturated carbocycles. The maximum absolute atomic E-state index is 6.80. The van der Waals surface area contributed by atoms with E-state index in [2.05, 4.69) is 91.9 Å². The van der Waals surface area contributed by atoms with Crippen LogP contribution in [-0.4, -0.2) is 7.12 Å². The zero-order chi connectivity index (χ0) is 23.6. The summed E-state index contributed by atoms with van der Waals surface area (Å²) < 4.78 is 13.6. The Bertz CT molecular complexity index is 1570. The number of benzene rings is 6. The van der Waals surface area contributed by atoms with Crippen molar-refractivity contribution in [3.8, 4) is 11.5 Å². The molecule has 0 aliphatic heterocycles. The first-order valence-corrected chi connectivity index (χ1v) is 12.1. The molecule has 6 aromatic rings. The van der Waals surface area contributed by atoms with E-state index in [1.165, 1.54) is 10.9 Å². The van der Waals surface area contributed by atoms with E-state index < -0.39 is 7.12 Å². The van der Waals surface area contributed by atoms with Crippen molar-refractivity contribution in [2.24, 2.45) is 0 Å². The average molecular weight is 452 g/mol. The molecule has 0 aromatic heterocycles. The predicted molar refractivity (Wildman–Crippen MR) is 148 cm³/mol. The van der Waals surface area contributed by atoms with Crippen LogP contribution in [-0.2, 0) is 6.42 Å². The van der Waals surface area contributed by atoms with Crippen molar-refractivity contribution in [3.05, 3.63) is 127 Å². The van der Waals surface area contributed by atoms with Gasteiger partial charge in [-0.3, -0.25) is 0 Å². The highest BCUT2D eigenvalue weighted by Gasteiger charge is 2.32. The Morgan fingerprint density at radius 2 is 0.943 bits per heavy atom. The summed E-state index contributed by atoms with van der Waals surface area (Å²) in [6.45, 7) is 2.18. The first-order valence-electron chi connectivity index (χ1n) is 12.1. The van der Waals surface area contributed by atoms with Gasteiger partial charge in [0.25, 0.3) is 0 Å². The van der Waals surface area contributed by atoms with Crippen molar-refractivity contribution >= 4 is 44.9 Å². The summed E-state index contributed by atoms with van der Waals surface area (Å²) in [5.74, 6) is 1.62. The van der Waals surface area contributed by atoms with Crippen molar-refractivity contribution in [1.82, 2.24) is 0 Å². The first kappa shape index (κ1) is 21.3. The lowest BCUT2D eigenvalue weighted by atomic mass is 9.72. The topological polar surface area (TPSA) is 18.5 Å². The zero-order valence-corrected chi connectivity index (χ0v) is 19.6. The third-order valence-electron chi connectivity index (χ3n) is 6.64. The molecule has 6 rings (SSSR count). The van der Waals surface area contributed by atoms with Gasteiger partial charge in [0.1, 0.15) is 11.5 Å². The minimum absolute atomic E-state index is 0.618. The summed E-state index contributed by atoms with van der Waals surface area (Å²) in [6, 6.07) is 41.8. The van der Waals surface area contributed by atoms with E-state index in [-0.39, 0.29) is 0 Å². The van der Waals surface area contributed by atoms with Crippen LogP contribution in [0.3, 0.4) is 0 Å². The van der Waals surface area contributed by atoms with Gasteiger partial charge < -0.3 is 9.31 Å². The molecular formula is C32H25BO2. The molecule has 2 nitrogen and oxygen atoms in total. The lowest BCUT2D eigenvalue weighted by Crippen LogP contribution is -2.45. The second-order valence-electron chi connectivity index (χ2n) is 8.74. The highest BCUT2D eigenvalue weighted by atomic mass is 16.6. The molecule has 0 amide bonds. The highest BCUT2D eigenvalue weighted by Crippen LogP contribution is 2.30. The van der Waals surface area contributed by atoms with E-state index in [4.69, 9.17) is 9.31 Å². The molecule has 35 heavy (non-hydrogen) atoms.